The third-order valence-electron chi connectivity index (χ3n) is 7.57. The first-order chi connectivity index (χ1) is 16.4. The van der Waals surface area contributed by atoms with E-state index in [2.05, 4.69) is 11.9 Å². The van der Waals surface area contributed by atoms with Gasteiger partial charge >= 0.3 is 0 Å². The third kappa shape index (κ3) is 4.34. The van der Waals surface area contributed by atoms with Crippen molar-refractivity contribution in [2.24, 2.45) is 5.92 Å². The lowest BCUT2D eigenvalue weighted by Gasteiger charge is -2.37. The molecule has 182 valence electrons. The maximum atomic E-state index is 13.2. The molecule has 0 aromatic heterocycles. The first-order valence-electron chi connectivity index (χ1n) is 12.3. The van der Waals surface area contributed by atoms with Crippen molar-refractivity contribution in [3.05, 3.63) is 34.9 Å². The molecule has 1 aromatic carbocycles. The number of piperidine rings is 1. The Morgan fingerprint density at radius 2 is 1.62 bits per heavy atom. The highest BCUT2D eigenvalue weighted by molar-refractivity contribution is 6.22. The topological polar surface area (TPSA) is 90.5 Å². The Balaban J connectivity index is 1.20. The zero-order valence-corrected chi connectivity index (χ0v) is 19.7. The Labute approximate surface area is 199 Å². The van der Waals surface area contributed by atoms with Crippen molar-refractivity contribution in [2.45, 2.75) is 31.8 Å². The Kier molecular flexibility index (Phi) is 6.40. The van der Waals surface area contributed by atoms with Crippen molar-refractivity contribution < 1.29 is 23.9 Å². The molecule has 0 saturated carbocycles. The van der Waals surface area contributed by atoms with E-state index in [0.29, 0.717) is 43.7 Å². The van der Waals surface area contributed by atoms with Crippen molar-refractivity contribution >= 4 is 23.6 Å². The number of nitrogens with zero attached hydrogens (tertiary/aromatic N) is 4. The van der Waals surface area contributed by atoms with Crippen LogP contribution in [0.15, 0.2) is 18.2 Å². The molecule has 0 N–H and O–H groups in total. The summed E-state index contributed by atoms with van der Waals surface area (Å²) in [6.45, 7) is 5.26. The van der Waals surface area contributed by atoms with Gasteiger partial charge in [-0.05, 0) is 50.9 Å². The maximum Gasteiger partial charge on any atom is 0.261 e. The van der Waals surface area contributed by atoms with Gasteiger partial charge in [0.25, 0.3) is 17.7 Å². The van der Waals surface area contributed by atoms with E-state index in [9.17, 15) is 19.2 Å². The maximum absolute atomic E-state index is 13.2. The predicted octanol–water partition coefficient (Wildman–Crippen LogP) is 1.09. The van der Waals surface area contributed by atoms with Crippen LogP contribution in [0.2, 0.25) is 0 Å². The van der Waals surface area contributed by atoms with Crippen molar-refractivity contribution in [3.8, 4) is 0 Å². The van der Waals surface area contributed by atoms with Crippen molar-refractivity contribution in [3.63, 3.8) is 0 Å². The fourth-order valence-electron chi connectivity index (χ4n) is 5.38. The molecule has 4 heterocycles. The Hall–Kier alpha value is -2.78. The average Bonchev–Trinajstić information content (AvgIpc) is 3.46. The monoisotopic (exact) mass is 468 g/mol. The molecule has 1 aromatic rings. The van der Waals surface area contributed by atoms with Gasteiger partial charge in [0, 0.05) is 57.4 Å². The first kappa shape index (κ1) is 23.0. The fourth-order valence-corrected chi connectivity index (χ4v) is 5.38. The van der Waals surface area contributed by atoms with Gasteiger partial charge < -0.3 is 19.4 Å². The molecular formula is C25H32N4O5. The van der Waals surface area contributed by atoms with E-state index in [4.69, 9.17) is 4.74 Å². The summed E-state index contributed by atoms with van der Waals surface area (Å²) in [5, 5.41) is 0. The number of ether oxygens (including phenoxy) is 1. The van der Waals surface area contributed by atoms with E-state index in [1.165, 1.54) is 4.90 Å². The summed E-state index contributed by atoms with van der Waals surface area (Å²) in [5.74, 6) is -0.684. The Morgan fingerprint density at radius 1 is 0.912 bits per heavy atom. The van der Waals surface area contributed by atoms with Gasteiger partial charge in [-0.3, -0.25) is 24.1 Å². The molecule has 0 aliphatic carbocycles. The third-order valence-corrected chi connectivity index (χ3v) is 7.57. The lowest BCUT2D eigenvalue weighted by Crippen LogP contribution is -2.51. The number of hydrogen-bond acceptors (Lipinski definition) is 6. The normalized spacial score (nSPS) is 24.1. The van der Waals surface area contributed by atoms with Crippen LogP contribution in [0.25, 0.3) is 0 Å². The van der Waals surface area contributed by atoms with Gasteiger partial charge in [-0.2, -0.15) is 0 Å². The number of imide groups is 1. The van der Waals surface area contributed by atoms with Crippen molar-refractivity contribution in [2.75, 3.05) is 59.5 Å². The lowest BCUT2D eigenvalue weighted by atomic mass is 9.94. The second-order valence-electron chi connectivity index (χ2n) is 9.81. The van der Waals surface area contributed by atoms with Crippen molar-refractivity contribution in [1.29, 1.82) is 0 Å². The Bertz CT molecular complexity index is 989. The van der Waals surface area contributed by atoms with Gasteiger partial charge in [0.05, 0.1) is 23.8 Å². The Morgan fingerprint density at radius 3 is 2.29 bits per heavy atom. The van der Waals surface area contributed by atoms with Crippen LogP contribution in [0, 0.1) is 5.92 Å². The van der Waals surface area contributed by atoms with Crippen LogP contribution in [0.4, 0.5) is 0 Å². The van der Waals surface area contributed by atoms with Gasteiger partial charge in [0.2, 0.25) is 5.91 Å². The highest BCUT2D eigenvalue weighted by atomic mass is 16.5. The highest BCUT2D eigenvalue weighted by Gasteiger charge is 2.38. The van der Waals surface area contributed by atoms with Crippen LogP contribution in [0.3, 0.4) is 0 Å². The van der Waals surface area contributed by atoms with E-state index in [1.54, 1.807) is 23.1 Å². The van der Waals surface area contributed by atoms with Crippen LogP contribution in [-0.4, -0.2) is 109 Å². The van der Waals surface area contributed by atoms with Gasteiger partial charge in [-0.25, -0.2) is 0 Å². The number of carbonyl (C=O) groups excluding carboxylic acids is 4. The second kappa shape index (κ2) is 9.46. The summed E-state index contributed by atoms with van der Waals surface area (Å²) in [5.41, 5.74) is 1.03. The van der Waals surface area contributed by atoms with Crippen molar-refractivity contribution in [1.82, 2.24) is 19.6 Å². The van der Waals surface area contributed by atoms with Crippen LogP contribution >= 0.6 is 0 Å². The molecule has 1 atom stereocenters. The summed E-state index contributed by atoms with van der Waals surface area (Å²) >= 11 is 0. The zero-order valence-electron chi connectivity index (χ0n) is 19.7. The number of piperazine rings is 1. The van der Waals surface area contributed by atoms with E-state index in [-0.39, 0.29) is 47.8 Å². The standard InChI is InChI=1S/C25H32N4O5/c1-26-10-12-28(13-11-26)22(30)17-6-8-27(9-7-17)23(31)18-4-5-20-21(15-18)25(33)29(24(20)32)16-19-3-2-14-34-19/h4-5,15,17,19H,2-3,6-14,16H2,1H3. The van der Waals surface area contributed by atoms with Crippen LogP contribution in [-0.2, 0) is 9.53 Å². The van der Waals surface area contributed by atoms with Gasteiger partial charge in [0.1, 0.15) is 0 Å². The fraction of sp³-hybridized carbons (Fsp3) is 0.600. The van der Waals surface area contributed by atoms with Crippen LogP contribution in [0.5, 0.6) is 0 Å². The molecule has 3 fully saturated rings. The van der Waals surface area contributed by atoms with E-state index >= 15 is 0 Å². The zero-order chi connectivity index (χ0) is 23.8. The number of rotatable bonds is 4. The number of amides is 4. The SMILES string of the molecule is CN1CCN(C(=O)C2CCN(C(=O)c3ccc4c(c3)C(=O)N(CC3CCCO3)C4=O)CC2)CC1. The van der Waals surface area contributed by atoms with E-state index in [1.807, 2.05) is 4.90 Å². The minimum absolute atomic E-state index is 0.0435. The van der Waals surface area contributed by atoms with Crippen LogP contribution in [0.1, 0.15) is 56.8 Å². The minimum Gasteiger partial charge on any atom is -0.376 e. The average molecular weight is 469 g/mol. The second-order valence-corrected chi connectivity index (χ2v) is 9.81. The molecule has 5 rings (SSSR count). The summed E-state index contributed by atoms with van der Waals surface area (Å²) < 4.78 is 5.58. The molecule has 0 radical (unpaired) electrons. The molecule has 9 heteroatoms. The molecule has 4 aliphatic rings. The number of carbonyl (C=O) groups is 4. The highest BCUT2D eigenvalue weighted by Crippen LogP contribution is 2.28. The van der Waals surface area contributed by atoms with E-state index in [0.717, 1.165) is 39.0 Å². The number of benzene rings is 1. The number of likely N-dealkylation sites (tertiary alicyclic amines) is 1. The first-order valence-corrected chi connectivity index (χ1v) is 12.3. The minimum atomic E-state index is -0.360. The predicted molar refractivity (Wildman–Crippen MR) is 123 cm³/mol. The number of fused-ring (bicyclic) bond motifs is 1. The smallest absolute Gasteiger partial charge is 0.261 e. The molecule has 0 bridgehead atoms. The number of hydrogen-bond donors (Lipinski definition) is 0. The largest absolute Gasteiger partial charge is 0.376 e. The summed E-state index contributed by atoms with van der Waals surface area (Å²) in [6.07, 6.45) is 2.95. The summed E-state index contributed by atoms with van der Waals surface area (Å²) in [4.78, 5) is 58.9. The molecule has 34 heavy (non-hydrogen) atoms. The van der Waals surface area contributed by atoms with Gasteiger partial charge in [-0.15, -0.1) is 0 Å². The molecule has 0 spiro atoms. The van der Waals surface area contributed by atoms with Crippen LogP contribution < -0.4 is 0 Å². The molecule has 3 saturated heterocycles. The summed E-state index contributed by atoms with van der Waals surface area (Å²) in [7, 11) is 2.07. The summed E-state index contributed by atoms with van der Waals surface area (Å²) in [6, 6.07) is 4.76. The number of likely N-dealkylation sites (N-methyl/N-ethyl adjacent to an activating group) is 1. The molecule has 4 aliphatic heterocycles. The van der Waals surface area contributed by atoms with E-state index < -0.39 is 0 Å². The quantitative estimate of drug-likeness (QED) is 0.615. The van der Waals surface area contributed by atoms with Gasteiger partial charge in [0.15, 0.2) is 0 Å². The molecular weight excluding hydrogens is 436 g/mol. The van der Waals surface area contributed by atoms with Gasteiger partial charge in [-0.1, -0.05) is 0 Å². The molecule has 4 amide bonds. The lowest BCUT2D eigenvalue weighted by molar-refractivity contribution is -0.138. The molecule has 9 nitrogen and oxygen atoms in total. The molecule has 1 unspecified atom stereocenters.